The quantitative estimate of drug-likeness (QED) is 0.00927. The zero-order valence-corrected chi connectivity index (χ0v) is 51.0. The monoisotopic (exact) mass is 1230 g/mol. The number of amidine groups is 1. The minimum absolute atomic E-state index is 0.100. The molecule has 0 radical (unpaired) electrons. The van der Waals surface area contributed by atoms with Gasteiger partial charge in [-0.2, -0.15) is 0 Å². The molecule has 0 spiro atoms. The van der Waals surface area contributed by atoms with Gasteiger partial charge in [-0.25, -0.2) is 20.0 Å². The van der Waals surface area contributed by atoms with E-state index in [0.29, 0.717) is 135 Å². The van der Waals surface area contributed by atoms with Gasteiger partial charge in [0.15, 0.2) is 10.3 Å². The maximum atomic E-state index is 14.1. The number of esters is 6. The van der Waals surface area contributed by atoms with Crippen LogP contribution in [0.25, 0.3) is 0 Å². The van der Waals surface area contributed by atoms with E-state index in [-0.39, 0.29) is 60.0 Å². The number of unbranched alkanes of at least 4 members (excludes halogenated alkanes) is 6. The van der Waals surface area contributed by atoms with Crippen LogP contribution in [0, 0.1) is 23.7 Å². The van der Waals surface area contributed by atoms with Gasteiger partial charge in [-0.1, -0.05) is 55.3 Å². The number of hydrazine groups is 1. The first-order valence-corrected chi connectivity index (χ1v) is 31.8. The molecule has 3 aromatic carbocycles. The minimum Gasteiger partial charge on any atom is -0.494 e. The number of thiocarbonyl (C=S) groups is 1. The molecule has 1 aliphatic heterocycles. The van der Waals surface area contributed by atoms with Gasteiger partial charge in [0.2, 0.25) is 0 Å². The lowest BCUT2D eigenvalue weighted by atomic mass is 9.82. The summed E-state index contributed by atoms with van der Waals surface area (Å²) in [5.74, 6) is -0.879. The third kappa shape index (κ3) is 21.1. The number of anilines is 1. The van der Waals surface area contributed by atoms with Crippen LogP contribution in [0.3, 0.4) is 0 Å². The van der Waals surface area contributed by atoms with Crippen molar-refractivity contribution in [1.29, 1.82) is 0 Å². The number of ether oxygens (including phenoxy) is 8. The van der Waals surface area contributed by atoms with Crippen LogP contribution in [0.4, 0.5) is 5.69 Å². The van der Waals surface area contributed by atoms with Crippen molar-refractivity contribution in [2.24, 2.45) is 28.7 Å². The Bertz CT molecular complexity index is 2970. The average Bonchev–Trinajstić information content (AvgIpc) is 3.31. The summed E-state index contributed by atoms with van der Waals surface area (Å²) in [6.45, 7) is 8.73. The van der Waals surface area contributed by atoms with E-state index < -0.39 is 23.8 Å². The lowest BCUT2D eigenvalue weighted by Crippen LogP contribution is -2.48. The number of nitrogens with zero attached hydrogens (tertiary/aromatic N) is 2. The number of nitrogens with one attached hydrogen (secondary N) is 2. The van der Waals surface area contributed by atoms with Gasteiger partial charge in [0.1, 0.15) is 34.5 Å². The first-order chi connectivity index (χ1) is 42.4. The predicted octanol–water partition coefficient (Wildman–Crippen LogP) is 12.6. The van der Waals surface area contributed by atoms with Crippen molar-refractivity contribution in [2.75, 3.05) is 38.3 Å². The van der Waals surface area contributed by atoms with E-state index in [1.807, 2.05) is 30.3 Å². The van der Waals surface area contributed by atoms with E-state index in [4.69, 9.17) is 55.1 Å². The van der Waals surface area contributed by atoms with Crippen LogP contribution >= 0.6 is 24.0 Å². The number of fused-ring (bicyclic) bond motifs is 1. The van der Waals surface area contributed by atoms with Gasteiger partial charge >= 0.3 is 35.8 Å². The zero-order valence-electron chi connectivity index (χ0n) is 49.4. The summed E-state index contributed by atoms with van der Waals surface area (Å²) >= 11 is 7.65. The molecule has 3 aromatic rings. The summed E-state index contributed by atoms with van der Waals surface area (Å²) in [7, 11) is 0. The summed E-state index contributed by atoms with van der Waals surface area (Å²) in [6.07, 6.45) is 21.5. The van der Waals surface area contributed by atoms with Crippen molar-refractivity contribution in [3.8, 4) is 23.0 Å². The van der Waals surface area contributed by atoms with Crippen LogP contribution in [0.1, 0.15) is 128 Å². The Hall–Kier alpha value is -7.55. The number of carbonyl (C=O) groups is 6. The fraction of sp³-hybridized carbons (Fsp3) is 0.463. The second-order valence-corrected chi connectivity index (χ2v) is 23.6. The average molecular weight is 1230 g/mol. The van der Waals surface area contributed by atoms with Crippen molar-refractivity contribution in [3.63, 3.8) is 0 Å². The van der Waals surface area contributed by atoms with E-state index in [9.17, 15) is 28.8 Å². The van der Waals surface area contributed by atoms with Crippen molar-refractivity contribution in [1.82, 2.24) is 10.4 Å². The zero-order chi connectivity index (χ0) is 61.2. The molecule has 2 saturated carbocycles. The Balaban J connectivity index is 0.839. The molecule has 2 unspecified atom stereocenters. The van der Waals surface area contributed by atoms with Gasteiger partial charge in [-0.05, 0) is 195 Å². The SMILES string of the molecule is C=CC(=O)OCCCCCCOc1ccc(OC(=O)C2CCC(C(=O)OC3=CC(CNN(C(=S)Nc4ccccc4)C4=NC5CCC=CC5S4)=C(OC(=O)C4CCC(C(=O)Oc5ccc(OCCCCCCOC(=O)C=C)cc5)CC4)CC3)CC2)cc1. The molecule has 1 heterocycles. The molecule has 0 aromatic heterocycles. The highest BCUT2D eigenvalue weighted by Gasteiger charge is 2.37. The molecule has 0 saturated heterocycles. The molecule has 4 aliphatic carbocycles. The van der Waals surface area contributed by atoms with Crippen LogP contribution < -0.4 is 29.7 Å². The van der Waals surface area contributed by atoms with Crippen LogP contribution in [0.5, 0.6) is 23.0 Å². The maximum absolute atomic E-state index is 14.1. The molecule has 5 aliphatic rings. The van der Waals surface area contributed by atoms with E-state index >= 15 is 0 Å². The molecule has 8 rings (SSSR count). The van der Waals surface area contributed by atoms with Crippen LogP contribution in [0.15, 0.2) is 144 Å². The molecular weight excluding hydrogens is 1150 g/mol. The number of carbonyl (C=O) groups excluding carboxylic acids is 6. The van der Waals surface area contributed by atoms with Gasteiger partial charge in [-0.3, -0.25) is 24.2 Å². The first-order valence-electron chi connectivity index (χ1n) is 30.6. The number of hydrogen-bond acceptors (Lipinski definition) is 18. The second-order valence-electron chi connectivity index (χ2n) is 22.1. The highest BCUT2D eigenvalue weighted by molar-refractivity contribution is 8.14. The second kappa shape index (κ2) is 34.7. The van der Waals surface area contributed by atoms with Crippen molar-refractivity contribution < 1.29 is 66.7 Å². The first kappa shape index (κ1) is 65.4. The molecule has 2 atom stereocenters. The van der Waals surface area contributed by atoms with Crippen LogP contribution in [-0.2, 0) is 47.7 Å². The summed E-state index contributed by atoms with van der Waals surface area (Å²) in [5, 5.41) is 6.33. The lowest BCUT2D eigenvalue weighted by molar-refractivity contribution is -0.149. The number of aliphatic imine (C=N–C) groups is 1. The molecule has 464 valence electrons. The van der Waals surface area contributed by atoms with Crippen LogP contribution in [0.2, 0.25) is 0 Å². The molecule has 87 heavy (non-hydrogen) atoms. The Morgan fingerprint density at radius 1 is 0.575 bits per heavy atom. The van der Waals surface area contributed by atoms with Gasteiger partial charge in [0, 0.05) is 42.8 Å². The highest BCUT2D eigenvalue weighted by atomic mass is 32.2. The van der Waals surface area contributed by atoms with Gasteiger partial charge in [0.05, 0.1) is 61.4 Å². The molecule has 0 amide bonds. The molecule has 2 fully saturated rings. The van der Waals surface area contributed by atoms with E-state index in [1.165, 1.54) is 0 Å². The smallest absolute Gasteiger partial charge is 0.330 e. The molecule has 20 heteroatoms. The highest BCUT2D eigenvalue weighted by Crippen LogP contribution is 2.38. The molecule has 0 bridgehead atoms. The van der Waals surface area contributed by atoms with Gasteiger partial charge in [-0.15, -0.1) is 0 Å². The lowest BCUT2D eigenvalue weighted by Gasteiger charge is -2.29. The largest absolute Gasteiger partial charge is 0.494 e. The standard InChI is InChI=1S/C67H80N4O14S2/c1-3-60(72)80-42-16-7-5-14-40-78-52-30-34-54(35-31-52)82-62(74)46-22-24-48(25-23-46)64(76)84-56-38-39-58(50(44-56)45-68-71(66(86)69-51-18-10-9-11-19-51)67-70-57-20-12-13-21-59(57)87-67)85-65(77)49-28-26-47(27-29-49)63(75)83-55-36-32-53(33-37-55)79-41-15-6-8-17-43-81-61(73)4-2/h3-4,9-11,13,18-19,21,30-37,44,46-49,57,59,68H,1-2,5-8,12,14-17,20,22-29,38-43,45H2,(H,69,86). The van der Waals surface area contributed by atoms with Crippen molar-refractivity contribution >= 4 is 75.8 Å². The van der Waals surface area contributed by atoms with E-state index in [2.05, 4.69) is 36.1 Å². The number of rotatable bonds is 30. The Morgan fingerprint density at radius 3 is 1.54 bits per heavy atom. The third-order valence-electron chi connectivity index (χ3n) is 15.8. The molecular formula is C67H80N4O14S2. The van der Waals surface area contributed by atoms with Crippen molar-refractivity contribution in [3.05, 3.63) is 139 Å². The summed E-state index contributed by atoms with van der Waals surface area (Å²) < 4.78 is 45.7. The Morgan fingerprint density at radius 2 is 1.05 bits per heavy atom. The normalized spacial score (nSPS) is 20.5. The predicted molar refractivity (Wildman–Crippen MR) is 335 cm³/mol. The Kier molecular flexibility index (Phi) is 26.1. The molecule has 18 nitrogen and oxygen atoms in total. The van der Waals surface area contributed by atoms with Gasteiger partial charge < -0.3 is 43.2 Å². The number of para-hydroxylation sites is 1. The number of benzene rings is 3. The van der Waals surface area contributed by atoms with Crippen molar-refractivity contribution in [2.45, 2.75) is 140 Å². The summed E-state index contributed by atoms with van der Waals surface area (Å²) in [5.41, 5.74) is 4.89. The number of thioether (sulfide) groups is 1. The van der Waals surface area contributed by atoms with Crippen LogP contribution in [-0.4, -0.2) is 95.4 Å². The number of hydrogen-bond donors (Lipinski definition) is 2. The summed E-state index contributed by atoms with van der Waals surface area (Å²) in [6, 6.07) is 23.6. The summed E-state index contributed by atoms with van der Waals surface area (Å²) in [4.78, 5) is 82.1. The maximum Gasteiger partial charge on any atom is 0.330 e. The molecule has 2 N–H and O–H groups in total. The van der Waals surface area contributed by atoms with Gasteiger partial charge in [0.25, 0.3) is 0 Å². The number of allylic oxidation sites excluding steroid dienone is 3. The Labute approximate surface area is 519 Å². The fourth-order valence-corrected chi connectivity index (χ4v) is 12.3. The van der Waals surface area contributed by atoms with E-state index in [0.717, 1.165) is 82.0 Å². The topological polar surface area (TPSA) is 216 Å². The fourth-order valence-electron chi connectivity index (χ4n) is 10.7. The third-order valence-corrected chi connectivity index (χ3v) is 17.3. The van der Waals surface area contributed by atoms with E-state index in [1.54, 1.807) is 71.4 Å². The minimum atomic E-state index is -0.445.